The standard InChI is InChI=1S/C17H22N4O5S2/c1-12-18-16(19-26-12)14-9-15(27-11-14)28(23,24)21-4-2-3-13(10-21)17(22)20-5-7-25-8-6-20/h9,11,13H,2-8,10H2,1H3. The predicted octanol–water partition coefficient (Wildman–Crippen LogP) is 1.37. The van der Waals surface area contributed by atoms with Gasteiger partial charge in [0.15, 0.2) is 0 Å². The monoisotopic (exact) mass is 426 g/mol. The molecule has 2 saturated heterocycles. The van der Waals surface area contributed by atoms with Crippen LogP contribution in [0, 0.1) is 12.8 Å². The summed E-state index contributed by atoms with van der Waals surface area (Å²) in [5, 5.41) is 5.54. The Morgan fingerprint density at radius 3 is 2.79 bits per heavy atom. The zero-order valence-corrected chi connectivity index (χ0v) is 17.2. The maximum atomic E-state index is 13.1. The lowest BCUT2D eigenvalue weighted by Gasteiger charge is -2.35. The van der Waals surface area contributed by atoms with Crippen LogP contribution in [0.3, 0.4) is 0 Å². The summed E-state index contributed by atoms with van der Waals surface area (Å²) < 4.78 is 38.1. The molecule has 0 saturated carbocycles. The Morgan fingerprint density at radius 1 is 1.29 bits per heavy atom. The number of carbonyl (C=O) groups is 1. The molecule has 4 heterocycles. The fourth-order valence-corrected chi connectivity index (χ4v) is 6.35. The van der Waals surface area contributed by atoms with Crippen LogP contribution >= 0.6 is 11.3 Å². The first-order valence-corrected chi connectivity index (χ1v) is 11.5. The summed E-state index contributed by atoms with van der Waals surface area (Å²) in [4.78, 5) is 18.7. The molecule has 2 aromatic heterocycles. The lowest BCUT2D eigenvalue weighted by atomic mass is 9.98. The van der Waals surface area contributed by atoms with Crippen molar-refractivity contribution in [2.24, 2.45) is 5.92 Å². The van der Waals surface area contributed by atoms with E-state index in [1.807, 2.05) is 0 Å². The van der Waals surface area contributed by atoms with Crippen LogP contribution in [-0.4, -0.2) is 73.1 Å². The van der Waals surface area contributed by atoms with Gasteiger partial charge in [0, 0.05) is 44.0 Å². The van der Waals surface area contributed by atoms with Crippen molar-refractivity contribution in [1.82, 2.24) is 19.3 Å². The third kappa shape index (κ3) is 3.84. The second-order valence-electron chi connectivity index (χ2n) is 6.93. The van der Waals surface area contributed by atoms with E-state index in [0.717, 1.165) is 11.3 Å². The number of hydrogen-bond acceptors (Lipinski definition) is 8. The molecule has 2 aromatic rings. The molecule has 2 aliphatic heterocycles. The summed E-state index contributed by atoms with van der Waals surface area (Å²) in [5.74, 6) is 0.513. The van der Waals surface area contributed by atoms with Crippen LogP contribution in [0.4, 0.5) is 0 Å². The second-order valence-corrected chi connectivity index (χ2v) is 10.0. The van der Waals surface area contributed by atoms with Gasteiger partial charge in [-0.1, -0.05) is 5.16 Å². The van der Waals surface area contributed by atoms with Crippen molar-refractivity contribution in [2.75, 3.05) is 39.4 Å². The summed E-state index contributed by atoms with van der Waals surface area (Å²) in [6.07, 6.45) is 1.38. The number of nitrogens with zero attached hydrogens (tertiary/aromatic N) is 4. The normalized spacial score (nSPS) is 21.8. The van der Waals surface area contributed by atoms with E-state index < -0.39 is 10.0 Å². The van der Waals surface area contributed by atoms with Crippen LogP contribution in [-0.2, 0) is 19.6 Å². The van der Waals surface area contributed by atoms with Crippen LogP contribution in [0.1, 0.15) is 18.7 Å². The van der Waals surface area contributed by atoms with Gasteiger partial charge in [0.25, 0.3) is 10.0 Å². The van der Waals surface area contributed by atoms with Crippen LogP contribution in [0.25, 0.3) is 11.4 Å². The molecule has 2 aliphatic rings. The van der Waals surface area contributed by atoms with Crippen LogP contribution in [0.5, 0.6) is 0 Å². The van der Waals surface area contributed by atoms with Crippen molar-refractivity contribution in [1.29, 1.82) is 0 Å². The van der Waals surface area contributed by atoms with E-state index in [1.54, 1.807) is 23.3 Å². The maximum Gasteiger partial charge on any atom is 0.252 e. The Balaban J connectivity index is 1.49. The fourth-order valence-electron chi connectivity index (χ4n) is 3.52. The van der Waals surface area contributed by atoms with E-state index in [9.17, 15) is 13.2 Å². The van der Waals surface area contributed by atoms with E-state index in [-0.39, 0.29) is 22.6 Å². The molecule has 1 amide bonds. The Hall–Kier alpha value is -1.82. The number of piperidine rings is 1. The molecule has 0 spiro atoms. The van der Waals surface area contributed by atoms with Crippen molar-refractivity contribution >= 4 is 27.3 Å². The lowest BCUT2D eigenvalue weighted by Crippen LogP contribution is -2.49. The number of sulfonamides is 1. The molecule has 11 heteroatoms. The molecule has 9 nitrogen and oxygen atoms in total. The first kappa shape index (κ1) is 19.5. The molecule has 4 rings (SSSR count). The maximum absolute atomic E-state index is 13.1. The highest BCUT2D eigenvalue weighted by Gasteiger charge is 2.36. The quantitative estimate of drug-likeness (QED) is 0.727. The molecule has 0 bridgehead atoms. The molecule has 28 heavy (non-hydrogen) atoms. The number of thiophene rings is 1. The van der Waals surface area contributed by atoms with Gasteiger partial charge in [-0.05, 0) is 18.9 Å². The number of ether oxygens (including phenoxy) is 1. The first-order chi connectivity index (χ1) is 13.4. The highest BCUT2D eigenvalue weighted by Crippen LogP contribution is 2.31. The van der Waals surface area contributed by atoms with Gasteiger partial charge < -0.3 is 14.2 Å². The molecule has 1 unspecified atom stereocenters. The highest BCUT2D eigenvalue weighted by molar-refractivity contribution is 7.91. The Kier molecular flexibility index (Phi) is 5.50. The second kappa shape index (κ2) is 7.90. The van der Waals surface area contributed by atoms with Crippen molar-refractivity contribution < 1.29 is 22.5 Å². The van der Waals surface area contributed by atoms with Crippen molar-refractivity contribution in [2.45, 2.75) is 24.0 Å². The molecule has 2 fully saturated rings. The summed E-state index contributed by atoms with van der Waals surface area (Å²) in [6.45, 7) is 4.53. The van der Waals surface area contributed by atoms with Crippen molar-refractivity contribution in [3.8, 4) is 11.4 Å². The van der Waals surface area contributed by atoms with Crippen LogP contribution < -0.4 is 0 Å². The van der Waals surface area contributed by atoms with Gasteiger partial charge in [-0.3, -0.25) is 4.79 Å². The number of morpholine rings is 1. The molecular weight excluding hydrogens is 404 g/mol. The topological polar surface area (TPSA) is 106 Å². The summed E-state index contributed by atoms with van der Waals surface area (Å²) in [5.41, 5.74) is 0.610. The number of carbonyl (C=O) groups excluding carboxylic acids is 1. The van der Waals surface area contributed by atoms with Gasteiger partial charge in [-0.15, -0.1) is 11.3 Å². The third-order valence-electron chi connectivity index (χ3n) is 5.01. The highest BCUT2D eigenvalue weighted by atomic mass is 32.2. The van der Waals surface area contributed by atoms with E-state index >= 15 is 0 Å². The van der Waals surface area contributed by atoms with Gasteiger partial charge >= 0.3 is 0 Å². The molecule has 0 radical (unpaired) electrons. The predicted molar refractivity (Wildman–Crippen MR) is 101 cm³/mol. The molecule has 0 aliphatic carbocycles. The minimum atomic E-state index is -3.67. The van der Waals surface area contributed by atoms with E-state index in [1.165, 1.54) is 4.31 Å². The fraction of sp³-hybridized carbons (Fsp3) is 0.588. The van der Waals surface area contributed by atoms with Gasteiger partial charge in [-0.25, -0.2) is 8.42 Å². The Bertz CT molecular complexity index is 948. The van der Waals surface area contributed by atoms with E-state index in [4.69, 9.17) is 9.26 Å². The number of aryl methyl sites for hydroxylation is 1. The molecule has 0 N–H and O–H groups in total. The Morgan fingerprint density at radius 2 is 2.07 bits per heavy atom. The van der Waals surface area contributed by atoms with E-state index in [2.05, 4.69) is 10.1 Å². The van der Waals surface area contributed by atoms with Crippen molar-refractivity contribution in [3.05, 3.63) is 17.3 Å². The zero-order valence-electron chi connectivity index (χ0n) is 15.5. The van der Waals surface area contributed by atoms with Crippen LogP contribution in [0.2, 0.25) is 0 Å². The molecule has 152 valence electrons. The number of aromatic nitrogens is 2. The third-order valence-corrected chi connectivity index (χ3v) is 8.29. The molecule has 1 atom stereocenters. The number of rotatable bonds is 4. The van der Waals surface area contributed by atoms with Crippen molar-refractivity contribution in [3.63, 3.8) is 0 Å². The average Bonchev–Trinajstić information content (AvgIpc) is 3.37. The largest absolute Gasteiger partial charge is 0.378 e. The average molecular weight is 427 g/mol. The summed E-state index contributed by atoms with van der Waals surface area (Å²) in [7, 11) is -3.67. The van der Waals surface area contributed by atoms with E-state index in [0.29, 0.717) is 63.0 Å². The van der Waals surface area contributed by atoms with Gasteiger partial charge in [0.05, 0.1) is 19.1 Å². The summed E-state index contributed by atoms with van der Waals surface area (Å²) in [6, 6.07) is 1.57. The Labute approximate surface area is 167 Å². The molecule has 0 aromatic carbocycles. The lowest BCUT2D eigenvalue weighted by molar-refractivity contribution is -0.140. The summed E-state index contributed by atoms with van der Waals surface area (Å²) >= 11 is 1.13. The number of amides is 1. The first-order valence-electron chi connectivity index (χ1n) is 9.21. The number of hydrogen-bond donors (Lipinski definition) is 0. The minimum Gasteiger partial charge on any atom is -0.378 e. The van der Waals surface area contributed by atoms with Gasteiger partial charge in [0.1, 0.15) is 4.21 Å². The van der Waals surface area contributed by atoms with Crippen LogP contribution in [0.15, 0.2) is 20.2 Å². The van der Waals surface area contributed by atoms with Gasteiger partial charge in [0.2, 0.25) is 17.6 Å². The SMILES string of the molecule is Cc1nc(-c2csc(S(=O)(=O)N3CCCC(C(=O)N4CCOCC4)C3)c2)no1. The van der Waals surface area contributed by atoms with Gasteiger partial charge in [-0.2, -0.15) is 9.29 Å². The smallest absolute Gasteiger partial charge is 0.252 e. The molecular formula is C17H22N4O5S2. The minimum absolute atomic E-state index is 0.0253. The zero-order chi connectivity index (χ0) is 19.7.